The summed E-state index contributed by atoms with van der Waals surface area (Å²) in [6.45, 7) is 1.40. The van der Waals surface area contributed by atoms with Gasteiger partial charge in [0.15, 0.2) is 5.75 Å². The summed E-state index contributed by atoms with van der Waals surface area (Å²) in [4.78, 5) is 21.9. The van der Waals surface area contributed by atoms with Gasteiger partial charge >= 0.3 is 5.69 Å². The lowest BCUT2D eigenvalue weighted by Crippen LogP contribution is -2.50. The molecule has 19 heavy (non-hydrogen) atoms. The molecule has 0 saturated carbocycles. The molecule has 0 radical (unpaired) electrons. The molecule has 0 bridgehead atoms. The molecule has 1 amide bonds. The quantitative estimate of drug-likeness (QED) is 0.622. The zero-order chi connectivity index (χ0) is 13.4. The van der Waals surface area contributed by atoms with Gasteiger partial charge in [-0.2, -0.15) is 0 Å². The van der Waals surface area contributed by atoms with Gasteiger partial charge in [0.25, 0.3) is 0 Å². The second kappa shape index (κ2) is 4.51. The molecule has 1 aromatic rings. The van der Waals surface area contributed by atoms with Gasteiger partial charge in [-0.25, -0.2) is 0 Å². The minimum absolute atomic E-state index is 0.0186. The maximum Gasteiger partial charge on any atom is 0.313 e. The number of hydrogen-bond donors (Lipinski definition) is 2. The summed E-state index contributed by atoms with van der Waals surface area (Å²) in [6, 6.07) is 3.05. The Kier molecular flexibility index (Phi) is 2.83. The first kappa shape index (κ1) is 11.9. The second-order valence-corrected chi connectivity index (χ2v) is 4.68. The normalized spacial score (nSPS) is 18.2. The topological polar surface area (TPSA) is 93.5 Å². The number of nitrogens with one attached hydrogen (secondary N) is 2. The van der Waals surface area contributed by atoms with Crippen molar-refractivity contribution in [2.45, 2.75) is 18.9 Å². The number of hydrogen-bond acceptors (Lipinski definition) is 5. The average Bonchev–Trinajstić information content (AvgIpc) is 2.32. The van der Waals surface area contributed by atoms with Gasteiger partial charge in [0.2, 0.25) is 5.91 Å². The van der Waals surface area contributed by atoms with Crippen molar-refractivity contribution in [2.75, 3.05) is 18.4 Å². The van der Waals surface area contributed by atoms with Crippen LogP contribution in [0.3, 0.4) is 0 Å². The van der Waals surface area contributed by atoms with Crippen LogP contribution in [-0.4, -0.2) is 30.0 Å². The van der Waals surface area contributed by atoms with Crippen molar-refractivity contribution >= 4 is 17.3 Å². The van der Waals surface area contributed by atoms with Crippen LogP contribution in [0.4, 0.5) is 11.4 Å². The van der Waals surface area contributed by atoms with Crippen LogP contribution in [0, 0.1) is 10.1 Å². The number of fused-ring (bicyclic) bond motifs is 1. The Hall–Kier alpha value is -2.15. The lowest BCUT2D eigenvalue weighted by atomic mass is 10.0. The van der Waals surface area contributed by atoms with Gasteiger partial charge in [-0.05, 0) is 18.1 Å². The fourth-order valence-corrected chi connectivity index (χ4v) is 2.16. The number of amides is 1. The summed E-state index contributed by atoms with van der Waals surface area (Å²) in [5.74, 6) is 0.171. The molecule has 2 aliphatic heterocycles. The minimum atomic E-state index is -0.484. The number of nitrogens with zero attached hydrogens (tertiary/aromatic N) is 1. The molecule has 0 aliphatic carbocycles. The van der Waals surface area contributed by atoms with Crippen molar-refractivity contribution in [3.63, 3.8) is 0 Å². The van der Waals surface area contributed by atoms with Crippen LogP contribution in [0.2, 0.25) is 0 Å². The standard InChI is InChI=1S/C12H13N3O4/c16-12-2-1-7-3-11(19-8-5-13-6-8)10(15(17)18)4-9(7)14-12/h3-4,8,13H,1-2,5-6H2,(H,14,16). The summed E-state index contributed by atoms with van der Waals surface area (Å²) < 4.78 is 5.62. The highest BCUT2D eigenvalue weighted by Crippen LogP contribution is 2.36. The molecule has 1 fully saturated rings. The minimum Gasteiger partial charge on any atom is -0.481 e. The predicted octanol–water partition coefficient (Wildman–Crippen LogP) is 0.830. The van der Waals surface area contributed by atoms with Gasteiger partial charge in [0, 0.05) is 25.6 Å². The molecule has 1 aromatic carbocycles. The van der Waals surface area contributed by atoms with Crippen LogP contribution < -0.4 is 15.4 Å². The SMILES string of the molecule is O=C1CCc2cc(OC3CNC3)c([N+](=O)[O-])cc2N1. The first-order chi connectivity index (χ1) is 9.13. The van der Waals surface area contributed by atoms with Crippen LogP contribution in [0.1, 0.15) is 12.0 Å². The maximum atomic E-state index is 11.3. The van der Waals surface area contributed by atoms with Gasteiger partial charge < -0.3 is 15.4 Å². The lowest BCUT2D eigenvalue weighted by molar-refractivity contribution is -0.386. The maximum absolute atomic E-state index is 11.3. The summed E-state index contributed by atoms with van der Waals surface area (Å²) in [5.41, 5.74) is 1.29. The zero-order valence-electron chi connectivity index (χ0n) is 10.1. The summed E-state index contributed by atoms with van der Waals surface area (Å²) in [7, 11) is 0. The van der Waals surface area contributed by atoms with Crippen molar-refractivity contribution in [1.82, 2.24) is 5.32 Å². The number of nitro benzene ring substituents is 1. The van der Waals surface area contributed by atoms with E-state index in [2.05, 4.69) is 10.6 Å². The fourth-order valence-electron chi connectivity index (χ4n) is 2.16. The number of benzene rings is 1. The van der Waals surface area contributed by atoms with Gasteiger partial charge in [0.05, 0.1) is 10.6 Å². The molecule has 100 valence electrons. The molecule has 2 aliphatic rings. The Bertz CT molecular complexity index is 554. The molecule has 0 spiro atoms. The molecule has 0 unspecified atom stereocenters. The number of ether oxygens (including phenoxy) is 1. The number of aryl methyl sites for hydroxylation is 1. The number of nitro groups is 1. The van der Waals surface area contributed by atoms with E-state index < -0.39 is 4.92 Å². The zero-order valence-corrected chi connectivity index (χ0v) is 10.1. The monoisotopic (exact) mass is 263 g/mol. The van der Waals surface area contributed by atoms with Crippen molar-refractivity contribution in [2.24, 2.45) is 0 Å². The Morgan fingerprint density at radius 2 is 2.11 bits per heavy atom. The van der Waals surface area contributed by atoms with E-state index in [1.165, 1.54) is 6.07 Å². The lowest BCUT2D eigenvalue weighted by Gasteiger charge is -2.28. The van der Waals surface area contributed by atoms with Crippen LogP contribution in [0.25, 0.3) is 0 Å². The van der Waals surface area contributed by atoms with E-state index in [1.807, 2.05) is 0 Å². The van der Waals surface area contributed by atoms with Crippen LogP contribution in [0.5, 0.6) is 5.75 Å². The van der Waals surface area contributed by atoms with Crippen molar-refractivity contribution in [3.05, 3.63) is 27.8 Å². The molecule has 3 rings (SSSR count). The Morgan fingerprint density at radius 1 is 1.32 bits per heavy atom. The highest BCUT2D eigenvalue weighted by molar-refractivity contribution is 5.94. The fraction of sp³-hybridized carbons (Fsp3) is 0.417. The average molecular weight is 263 g/mol. The largest absolute Gasteiger partial charge is 0.481 e. The Balaban J connectivity index is 1.96. The first-order valence-corrected chi connectivity index (χ1v) is 6.12. The van der Waals surface area contributed by atoms with Crippen molar-refractivity contribution < 1.29 is 14.5 Å². The number of carbonyl (C=O) groups is 1. The Labute approximate surface area is 109 Å². The highest BCUT2D eigenvalue weighted by atomic mass is 16.6. The van der Waals surface area contributed by atoms with E-state index in [0.29, 0.717) is 31.6 Å². The van der Waals surface area contributed by atoms with E-state index in [1.54, 1.807) is 6.07 Å². The van der Waals surface area contributed by atoms with Crippen LogP contribution in [0.15, 0.2) is 12.1 Å². The van der Waals surface area contributed by atoms with E-state index >= 15 is 0 Å². The van der Waals surface area contributed by atoms with Crippen molar-refractivity contribution in [1.29, 1.82) is 0 Å². The van der Waals surface area contributed by atoms with Crippen LogP contribution in [-0.2, 0) is 11.2 Å². The smallest absolute Gasteiger partial charge is 0.313 e. The second-order valence-electron chi connectivity index (χ2n) is 4.68. The third kappa shape index (κ3) is 2.24. The predicted molar refractivity (Wildman–Crippen MR) is 67.3 cm³/mol. The molecule has 0 atom stereocenters. The summed E-state index contributed by atoms with van der Waals surface area (Å²) >= 11 is 0. The van der Waals surface area contributed by atoms with E-state index in [4.69, 9.17) is 4.74 Å². The molecule has 0 aromatic heterocycles. The van der Waals surface area contributed by atoms with Gasteiger partial charge in [-0.1, -0.05) is 0 Å². The Morgan fingerprint density at radius 3 is 2.74 bits per heavy atom. The molecule has 7 heteroatoms. The van der Waals surface area contributed by atoms with Crippen molar-refractivity contribution in [3.8, 4) is 5.75 Å². The summed E-state index contributed by atoms with van der Waals surface area (Å²) in [6.07, 6.45) is 0.961. The first-order valence-electron chi connectivity index (χ1n) is 6.12. The summed E-state index contributed by atoms with van der Waals surface area (Å²) in [5, 5.41) is 16.8. The number of anilines is 1. The van der Waals surface area contributed by atoms with E-state index in [-0.39, 0.29) is 23.4 Å². The van der Waals surface area contributed by atoms with Gasteiger partial charge in [-0.3, -0.25) is 14.9 Å². The van der Waals surface area contributed by atoms with Crippen LogP contribution >= 0.6 is 0 Å². The molecular formula is C12H13N3O4. The third-order valence-corrected chi connectivity index (χ3v) is 3.31. The molecule has 2 N–H and O–H groups in total. The van der Waals surface area contributed by atoms with E-state index in [0.717, 1.165) is 5.56 Å². The molecule has 1 saturated heterocycles. The van der Waals surface area contributed by atoms with Gasteiger partial charge in [-0.15, -0.1) is 0 Å². The number of rotatable bonds is 3. The van der Waals surface area contributed by atoms with Gasteiger partial charge in [0.1, 0.15) is 6.10 Å². The molecule has 7 nitrogen and oxygen atoms in total. The third-order valence-electron chi connectivity index (χ3n) is 3.31. The molecule has 2 heterocycles. The molecular weight excluding hydrogens is 250 g/mol. The number of carbonyl (C=O) groups excluding carboxylic acids is 1. The highest BCUT2D eigenvalue weighted by Gasteiger charge is 2.27. The van der Waals surface area contributed by atoms with E-state index in [9.17, 15) is 14.9 Å².